The topological polar surface area (TPSA) is 104 Å². The molecular formula is C16H16N4O3S. The minimum Gasteiger partial charge on any atom is -0.326 e. The molecular weight excluding hydrogens is 328 g/mol. The number of hydrogen-bond acceptors (Lipinski definition) is 5. The van der Waals surface area contributed by atoms with Crippen LogP contribution in [0.2, 0.25) is 0 Å². The lowest BCUT2D eigenvalue weighted by molar-refractivity contribution is -0.123. The van der Waals surface area contributed by atoms with Gasteiger partial charge in [0.1, 0.15) is 5.82 Å². The second-order valence-corrected chi connectivity index (χ2v) is 6.30. The van der Waals surface area contributed by atoms with Gasteiger partial charge in [0.25, 0.3) is 5.56 Å². The van der Waals surface area contributed by atoms with Crippen molar-refractivity contribution < 1.29 is 9.59 Å². The molecule has 0 saturated heterocycles. The lowest BCUT2D eigenvalue weighted by atomic mass is 9.92. The van der Waals surface area contributed by atoms with Gasteiger partial charge in [-0.2, -0.15) is 0 Å². The largest absolute Gasteiger partial charge is 0.326 e. The summed E-state index contributed by atoms with van der Waals surface area (Å²) in [6.45, 7) is 1.91. The molecule has 124 valence electrons. The van der Waals surface area contributed by atoms with Crippen molar-refractivity contribution in [3.05, 3.63) is 45.7 Å². The fourth-order valence-corrected chi connectivity index (χ4v) is 3.00. The number of rotatable bonds is 3. The number of benzene rings is 1. The van der Waals surface area contributed by atoms with Gasteiger partial charge >= 0.3 is 0 Å². The first kappa shape index (κ1) is 16.3. The Morgan fingerprint density at radius 3 is 2.88 bits per heavy atom. The number of aryl methyl sites for hydroxylation is 1. The quantitative estimate of drug-likeness (QED) is 0.582. The molecule has 7 nitrogen and oxygen atoms in total. The summed E-state index contributed by atoms with van der Waals surface area (Å²) in [6.07, 6.45) is 1.67. The van der Waals surface area contributed by atoms with Crippen LogP contribution in [0.3, 0.4) is 0 Å². The smallest absolute Gasteiger partial charge is 0.257 e. The lowest BCUT2D eigenvalue weighted by Gasteiger charge is -2.23. The predicted octanol–water partition coefficient (Wildman–Crippen LogP) is 1.86. The zero-order valence-corrected chi connectivity index (χ0v) is 14.0. The zero-order valence-electron chi connectivity index (χ0n) is 13.2. The van der Waals surface area contributed by atoms with Gasteiger partial charge in [-0.25, -0.2) is 4.98 Å². The van der Waals surface area contributed by atoms with Crippen LogP contribution >= 0.6 is 11.8 Å². The average molecular weight is 344 g/mol. The van der Waals surface area contributed by atoms with Crippen molar-refractivity contribution in [2.75, 3.05) is 16.9 Å². The summed E-state index contributed by atoms with van der Waals surface area (Å²) in [5.74, 6) is -1.46. The van der Waals surface area contributed by atoms with Crippen LogP contribution in [0.4, 0.5) is 11.5 Å². The number of amides is 2. The van der Waals surface area contributed by atoms with Crippen LogP contribution in [-0.2, 0) is 9.59 Å². The molecule has 8 heteroatoms. The van der Waals surface area contributed by atoms with Crippen LogP contribution < -0.4 is 16.2 Å². The van der Waals surface area contributed by atoms with Crippen molar-refractivity contribution in [3.8, 4) is 0 Å². The van der Waals surface area contributed by atoms with Crippen molar-refractivity contribution in [2.24, 2.45) is 0 Å². The summed E-state index contributed by atoms with van der Waals surface area (Å²) < 4.78 is 0. The average Bonchev–Trinajstić information content (AvgIpc) is 2.53. The number of anilines is 2. The molecule has 0 saturated carbocycles. The van der Waals surface area contributed by atoms with Crippen LogP contribution in [0.1, 0.15) is 23.5 Å². The van der Waals surface area contributed by atoms with Gasteiger partial charge in [0.05, 0.1) is 11.5 Å². The highest BCUT2D eigenvalue weighted by Gasteiger charge is 2.34. The summed E-state index contributed by atoms with van der Waals surface area (Å²) in [5, 5.41) is 5.72. The standard InChI is InChI=1S/C16H16N4O3S/c1-8-4-3-5-9(6-8)17-14(22)10-7-11(21)18-13-12(10)15(23)20-16(19-13)24-2/h3-6,10H,7H2,1-2H3,(H,17,22)(H2,18,19,20,21,23)/t10-/m0/s1. The first-order chi connectivity index (χ1) is 11.5. The molecule has 0 aliphatic carbocycles. The van der Waals surface area contributed by atoms with Crippen molar-refractivity contribution in [2.45, 2.75) is 24.4 Å². The molecule has 0 fully saturated rings. The summed E-state index contributed by atoms with van der Waals surface area (Å²) in [5.41, 5.74) is 1.41. The summed E-state index contributed by atoms with van der Waals surface area (Å²) in [7, 11) is 0. The molecule has 1 aromatic carbocycles. The van der Waals surface area contributed by atoms with Gasteiger partial charge < -0.3 is 15.6 Å². The van der Waals surface area contributed by atoms with Gasteiger partial charge in [-0.15, -0.1) is 0 Å². The Hall–Kier alpha value is -2.61. The van der Waals surface area contributed by atoms with Gasteiger partial charge in [-0.1, -0.05) is 23.9 Å². The third kappa shape index (κ3) is 3.18. The highest BCUT2D eigenvalue weighted by molar-refractivity contribution is 7.98. The van der Waals surface area contributed by atoms with E-state index >= 15 is 0 Å². The number of carbonyl (C=O) groups is 2. The van der Waals surface area contributed by atoms with E-state index in [0.29, 0.717) is 10.8 Å². The van der Waals surface area contributed by atoms with E-state index in [1.54, 1.807) is 12.3 Å². The highest BCUT2D eigenvalue weighted by Crippen LogP contribution is 2.30. The Bertz CT molecular complexity index is 878. The van der Waals surface area contributed by atoms with E-state index in [1.165, 1.54) is 11.8 Å². The van der Waals surface area contributed by atoms with E-state index in [-0.39, 0.29) is 23.7 Å². The van der Waals surface area contributed by atoms with Crippen LogP contribution in [0.25, 0.3) is 0 Å². The molecule has 2 aromatic rings. The van der Waals surface area contributed by atoms with Crippen LogP contribution in [0, 0.1) is 6.92 Å². The first-order valence-electron chi connectivity index (χ1n) is 7.33. The van der Waals surface area contributed by atoms with E-state index in [1.807, 2.05) is 25.1 Å². The van der Waals surface area contributed by atoms with Crippen molar-refractivity contribution >= 4 is 35.1 Å². The zero-order chi connectivity index (χ0) is 17.3. The van der Waals surface area contributed by atoms with Gasteiger partial charge in [-0.3, -0.25) is 14.4 Å². The van der Waals surface area contributed by atoms with E-state index in [9.17, 15) is 14.4 Å². The maximum atomic E-state index is 12.6. The van der Waals surface area contributed by atoms with Gasteiger partial charge in [0, 0.05) is 12.1 Å². The summed E-state index contributed by atoms with van der Waals surface area (Å²) >= 11 is 1.25. The van der Waals surface area contributed by atoms with Gasteiger partial charge in [-0.05, 0) is 30.9 Å². The Kier molecular flexibility index (Phi) is 4.39. The van der Waals surface area contributed by atoms with E-state index in [2.05, 4.69) is 20.6 Å². The number of aromatic nitrogens is 2. The minimum absolute atomic E-state index is 0.0893. The van der Waals surface area contributed by atoms with Crippen LogP contribution in [0.5, 0.6) is 0 Å². The Balaban J connectivity index is 1.96. The van der Waals surface area contributed by atoms with Crippen molar-refractivity contribution in [3.63, 3.8) is 0 Å². The fourth-order valence-electron chi connectivity index (χ4n) is 2.62. The molecule has 2 heterocycles. The van der Waals surface area contributed by atoms with E-state index in [0.717, 1.165) is 5.56 Å². The molecule has 0 spiro atoms. The Labute approximate surface area is 142 Å². The molecule has 3 N–H and O–H groups in total. The molecule has 0 radical (unpaired) electrons. The fraction of sp³-hybridized carbons (Fsp3) is 0.250. The number of thioether (sulfide) groups is 1. The second kappa shape index (κ2) is 6.48. The van der Waals surface area contributed by atoms with Gasteiger partial charge in [0.15, 0.2) is 5.16 Å². The molecule has 2 amide bonds. The maximum absolute atomic E-state index is 12.6. The van der Waals surface area contributed by atoms with Crippen molar-refractivity contribution in [1.29, 1.82) is 0 Å². The third-order valence-electron chi connectivity index (χ3n) is 3.72. The Morgan fingerprint density at radius 2 is 2.17 bits per heavy atom. The monoisotopic (exact) mass is 344 g/mol. The van der Waals surface area contributed by atoms with E-state index in [4.69, 9.17) is 0 Å². The van der Waals surface area contributed by atoms with Gasteiger partial charge in [0.2, 0.25) is 11.8 Å². The maximum Gasteiger partial charge on any atom is 0.257 e. The molecule has 1 aliphatic heterocycles. The van der Waals surface area contributed by atoms with Crippen LogP contribution in [-0.4, -0.2) is 28.0 Å². The number of nitrogens with one attached hydrogen (secondary N) is 3. The predicted molar refractivity (Wildman–Crippen MR) is 92.4 cm³/mol. The normalized spacial score (nSPS) is 16.2. The number of carbonyl (C=O) groups excluding carboxylic acids is 2. The SMILES string of the molecule is CSc1nc2c(c(=O)[nH]1)[C@@H](C(=O)Nc1cccc(C)c1)CC(=O)N2. The number of fused-ring (bicyclic) bond motifs is 1. The molecule has 1 atom stereocenters. The summed E-state index contributed by atoms with van der Waals surface area (Å²) in [4.78, 5) is 43.7. The molecule has 24 heavy (non-hydrogen) atoms. The number of hydrogen-bond donors (Lipinski definition) is 3. The second-order valence-electron chi connectivity index (χ2n) is 5.50. The third-order valence-corrected chi connectivity index (χ3v) is 4.30. The van der Waals surface area contributed by atoms with E-state index < -0.39 is 17.4 Å². The number of H-pyrrole nitrogens is 1. The molecule has 1 aromatic heterocycles. The lowest BCUT2D eigenvalue weighted by Crippen LogP contribution is -2.36. The van der Waals surface area contributed by atoms with Crippen molar-refractivity contribution in [1.82, 2.24) is 9.97 Å². The number of nitrogens with zero attached hydrogens (tertiary/aromatic N) is 1. The highest BCUT2D eigenvalue weighted by atomic mass is 32.2. The summed E-state index contributed by atoms with van der Waals surface area (Å²) in [6, 6.07) is 7.32. The first-order valence-corrected chi connectivity index (χ1v) is 8.56. The molecule has 0 unspecified atom stereocenters. The Morgan fingerprint density at radius 1 is 1.38 bits per heavy atom. The molecule has 3 rings (SSSR count). The minimum atomic E-state index is -0.874. The van der Waals surface area contributed by atoms with Crippen LogP contribution in [0.15, 0.2) is 34.2 Å². The molecule has 1 aliphatic rings. The molecule has 0 bridgehead atoms. The number of aromatic amines is 1.